The van der Waals surface area contributed by atoms with Gasteiger partial charge in [0.1, 0.15) is 9.84 Å². The maximum absolute atomic E-state index is 11.1. The highest BCUT2D eigenvalue weighted by atomic mass is 32.2. The molecule has 0 heterocycles. The molecule has 15 heavy (non-hydrogen) atoms. The molecule has 92 valence electrons. The van der Waals surface area contributed by atoms with E-state index in [0.717, 1.165) is 6.54 Å². The molecule has 1 unspecified atom stereocenters. The number of sulfone groups is 1. The minimum Gasteiger partial charge on any atom is -0.377 e. The fourth-order valence-corrected chi connectivity index (χ4v) is 2.08. The zero-order chi connectivity index (χ0) is 12.1. The van der Waals surface area contributed by atoms with Gasteiger partial charge in [0.25, 0.3) is 0 Å². The van der Waals surface area contributed by atoms with Crippen molar-refractivity contribution in [3.05, 3.63) is 0 Å². The van der Waals surface area contributed by atoms with Crippen LogP contribution in [0.25, 0.3) is 0 Å². The van der Waals surface area contributed by atoms with Crippen molar-refractivity contribution in [1.82, 2.24) is 5.32 Å². The fraction of sp³-hybridized carbons (Fsp3) is 1.00. The first kappa shape index (κ1) is 14.9. The third-order valence-corrected chi connectivity index (χ3v) is 3.57. The van der Waals surface area contributed by atoms with Gasteiger partial charge in [-0.25, -0.2) is 8.42 Å². The Morgan fingerprint density at radius 1 is 1.40 bits per heavy atom. The van der Waals surface area contributed by atoms with Crippen molar-refractivity contribution in [1.29, 1.82) is 0 Å². The van der Waals surface area contributed by atoms with Crippen LogP contribution in [-0.4, -0.2) is 45.7 Å². The highest BCUT2D eigenvalue weighted by Crippen LogP contribution is 2.17. The second kappa shape index (κ2) is 5.82. The SMILES string of the molecule is CCNC(CCS(C)(=O)=O)C(C)(C)OC. The second-order valence-corrected chi connectivity index (χ2v) is 6.60. The van der Waals surface area contributed by atoms with Crippen molar-refractivity contribution in [2.45, 2.75) is 38.8 Å². The Balaban J connectivity index is 4.41. The van der Waals surface area contributed by atoms with Crippen LogP contribution in [0.1, 0.15) is 27.2 Å². The first-order chi connectivity index (χ1) is 6.73. The summed E-state index contributed by atoms with van der Waals surface area (Å²) in [5.41, 5.74) is -0.347. The van der Waals surface area contributed by atoms with Crippen molar-refractivity contribution in [3.8, 4) is 0 Å². The molecule has 0 fully saturated rings. The average Bonchev–Trinajstić information content (AvgIpc) is 2.10. The van der Waals surface area contributed by atoms with Gasteiger partial charge in [0, 0.05) is 19.4 Å². The minimum atomic E-state index is -2.90. The van der Waals surface area contributed by atoms with Gasteiger partial charge in [0.2, 0.25) is 0 Å². The molecule has 1 N–H and O–H groups in total. The van der Waals surface area contributed by atoms with Crippen molar-refractivity contribution in [3.63, 3.8) is 0 Å². The van der Waals surface area contributed by atoms with Gasteiger partial charge in [-0.05, 0) is 26.8 Å². The molecule has 0 aromatic rings. The molecule has 0 spiro atoms. The number of hydrogen-bond donors (Lipinski definition) is 1. The summed E-state index contributed by atoms with van der Waals surface area (Å²) < 4.78 is 27.5. The molecular formula is C10H23NO3S. The second-order valence-electron chi connectivity index (χ2n) is 4.34. The zero-order valence-electron chi connectivity index (χ0n) is 10.3. The summed E-state index contributed by atoms with van der Waals surface area (Å²) in [6, 6.07) is 0.0576. The molecule has 0 saturated heterocycles. The van der Waals surface area contributed by atoms with E-state index in [2.05, 4.69) is 5.32 Å². The smallest absolute Gasteiger partial charge is 0.147 e. The third-order valence-electron chi connectivity index (χ3n) is 2.59. The Hall–Kier alpha value is -0.130. The summed E-state index contributed by atoms with van der Waals surface area (Å²) >= 11 is 0. The lowest BCUT2D eigenvalue weighted by atomic mass is 9.96. The van der Waals surface area contributed by atoms with Crippen LogP contribution in [0, 0.1) is 0 Å². The van der Waals surface area contributed by atoms with E-state index in [1.54, 1.807) is 7.11 Å². The molecule has 4 nitrogen and oxygen atoms in total. The van der Waals surface area contributed by atoms with E-state index in [9.17, 15) is 8.42 Å². The van der Waals surface area contributed by atoms with Crippen LogP contribution in [0.2, 0.25) is 0 Å². The highest BCUT2D eigenvalue weighted by Gasteiger charge is 2.28. The summed E-state index contributed by atoms with van der Waals surface area (Å²) in [4.78, 5) is 0. The lowest BCUT2D eigenvalue weighted by Crippen LogP contribution is -2.48. The molecular weight excluding hydrogens is 214 g/mol. The van der Waals surface area contributed by atoms with Crippen LogP contribution in [0.3, 0.4) is 0 Å². The summed E-state index contributed by atoms with van der Waals surface area (Å²) in [7, 11) is -1.26. The van der Waals surface area contributed by atoms with Gasteiger partial charge >= 0.3 is 0 Å². The van der Waals surface area contributed by atoms with Gasteiger partial charge in [-0.15, -0.1) is 0 Å². The number of likely N-dealkylation sites (N-methyl/N-ethyl adjacent to an activating group) is 1. The van der Waals surface area contributed by atoms with Crippen molar-refractivity contribution in [2.24, 2.45) is 0 Å². The summed E-state index contributed by atoms with van der Waals surface area (Å²) in [5.74, 6) is 0.192. The largest absolute Gasteiger partial charge is 0.377 e. The summed E-state index contributed by atoms with van der Waals surface area (Å²) in [5, 5.41) is 3.26. The van der Waals surface area contributed by atoms with Gasteiger partial charge in [-0.1, -0.05) is 6.92 Å². The number of hydrogen-bond acceptors (Lipinski definition) is 4. The molecule has 0 bridgehead atoms. The van der Waals surface area contributed by atoms with Crippen molar-refractivity contribution < 1.29 is 13.2 Å². The quantitative estimate of drug-likeness (QED) is 0.712. The van der Waals surface area contributed by atoms with E-state index >= 15 is 0 Å². The highest BCUT2D eigenvalue weighted by molar-refractivity contribution is 7.90. The molecule has 0 aliphatic rings. The standard InChI is InChI=1S/C10H23NO3S/c1-6-11-9(10(2,3)14-4)7-8-15(5,12)13/h9,11H,6-8H2,1-5H3. The monoisotopic (exact) mass is 237 g/mol. The Labute approximate surface area is 93.3 Å². The predicted molar refractivity (Wildman–Crippen MR) is 62.9 cm³/mol. The molecule has 0 saturated carbocycles. The number of ether oxygens (including phenoxy) is 1. The van der Waals surface area contributed by atoms with E-state index in [4.69, 9.17) is 4.74 Å². The molecule has 0 rings (SSSR count). The normalized spacial score (nSPS) is 15.3. The van der Waals surface area contributed by atoms with E-state index < -0.39 is 9.84 Å². The van der Waals surface area contributed by atoms with Gasteiger partial charge in [0.05, 0.1) is 11.4 Å². The Morgan fingerprint density at radius 3 is 2.27 bits per heavy atom. The van der Waals surface area contributed by atoms with Gasteiger partial charge in [0.15, 0.2) is 0 Å². The summed E-state index contributed by atoms with van der Waals surface area (Å²) in [6.45, 7) is 6.73. The van der Waals surface area contributed by atoms with Gasteiger partial charge in [-0.3, -0.25) is 0 Å². The minimum absolute atomic E-state index is 0.0576. The Morgan fingerprint density at radius 2 is 1.93 bits per heavy atom. The number of nitrogens with one attached hydrogen (secondary N) is 1. The first-order valence-electron chi connectivity index (χ1n) is 5.19. The molecule has 0 aromatic carbocycles. The molecule has 0 aliphatic carbocycles. The van der Waals surface area contributed by atoms with Crippen LogP contribution in [-0.2, 0) is 14.6 Å². The number of rotatable bonds is 7. The number of methoxy groups -OCH3 is 1. The Bertz CT molecular complexity index is 272. The molecule has 0 aliphatic heterocycles. The van der Waals surface area contributed by atoms with E-state index in [-0.39, 0.29) is 17.4 Å². The maximum atomic E-state index is 11.1. The average molecular weight is 237 g/mol. The van der Waals surface area contributed by atoms with Crippen LogP contribution in [0.15, 0.2) is 0 Å². The van der Waals surface area contributed by atoms with Crippen LogP contribution >= 0.6 is 0 Å². The molecule has 0 aromatic heterocycles. The van der Waals surface area contributed by atoms with Crippen molar-refractivity contribution in [2.75, 3.05) is 25.7 Å². The van der Waals surface area contributed by atoms with Gasteiger partial charge < -0.3 is 10.1 Å². The molecule has 0 amide bonds. The lowest BCUT2D eigenvalue weighted by Gasteiger charge is -2.33. The first-order valence-corrected chi connectivity index (χ1v) is 7.25. The van der Waals surface area contributed by atoms with E-state index in [1.165, 1.54) is 6.26 Å². The maximum Gasteiger partial charge on any atom is 0.147 e. The van der Waals surface area contributed by atoms with Crippen molar-refractivity contribution >= 4 is 9.84 Å². The van der Waals surface area contributed by atoms with E-state index in [1.807, 2.05) is 20.8 Å². The molecule has 5 heteroatoms. The van der Waals surface area contributed by atoms with E-state index in [0.29, 0.717) is 6.42 Å². The van der Waals surface area contributed by atoms with Crippen LogP contribution in [0.4, 0.5) is 0 Å². The predicted octanol–water partition coefficient (Wildman–Crippen LogP) is 0.824. The topological polar surface area (TPSA) is 55.4 Å². The van der Waals surface area contributed by atoms with Gasteiger partial charge in [-0.2, -0.15) is 0 Å². The van der Waals surface area contributed by atoms with Crippen LogP contribution in [0.5, 0.6) is 0 Å². The zero-order valence-corrected chi connectivity index (χ0v) is 11.1. The summed E-state index contributed by atoms with van der Waals surface area (Å²) in [6.07, 6.45) is 1.84. The third kappa shape index (κ3) is 6.12. The fourth-order valence-electron chi connectivity index (χ4n) is 1.42. The lowest BCUT2D eigenvalue weighted by molar-refractivity contribution is -0.0105. The Kier molecular flexibility index (Phi) is 5.77. The molecule has 0 radical (unpaired) electrons. The molecule has 1 atom stereocenters. The van der Waals surface area contributed by atoms with Crippen LogP contribution < -0.4 is 5.32 Å².